The molecule has 0 aromatic heterocycles. The number of fused-ring (bicyclic) bond motifs is 3. The molecule has 6 atom stereocenters. The van der Waals surface area contributed by atoms with Crippen molar-refractivity contribution in [3.8, 4) is 0 Å². The van der Waals surface area contributed by atoms with Crippen LogP contribution in [0, 0.1) is 0 Å². The van der Waals surface area contributed by atoms with Gasteiger partial charge in [0.1, 0.15) is 24.4 Å². The van der Waals surface area contributed by atoms with Crippen molar-refractivity contribution in [1.82, 2.24) is 0 Å². The van der Waals surface area contributed by atoms with Crippen LogP contribution in [-0.2, 0) is 29.2 Å². The van der Waals surface area contributed by atoms with E-state index in [1.54, 1.807) is 0 Å². The fourth-order valence-corrected chi connectivity index (χ4v) is 5.21. The molecule has 1 N–H and O–H groups in total. The molecule has 4 rings (SSSR count). The summed E-state index contributed by atoms with van der Waals surface area (Å²) >= 11 is 0. The Labute approximate surface area is 168 Å². The third-order valence-electron chi connectivity index (χ3n) is 6.44. The van der Waals surface area contributed by atoms with Gasteiger partial charge in [0.2, 0.25) is 5.79 Å². The average molecular weight is 409 g/mol. The van der Waals surface area contributed by atoms with E-state index in [0.717, 1.165) is 0 Å². The molecule has 1 aromatic rings. The van der Waals surface area contributed by atoms with E-state index in [1.165, 1.54) is 0 Å². The van der Waals surface area contributed by atoms with Gasteiger partial charge in [-0.1, -0.05) is 51.1 Å². The van der Waals surface area contributed by atoms with Gasteiger partial charge in [0.15, 0.2) is 20.4 Å². The van der Waals surface area contributed by atoms with Crippen LogP contribution in [0.15, 0.2) is 30.3 Å². The van der Waals surface area contributed by atoms with Crippen LogP contribution in [-0.4, -0.2) is 49.9 Å². The van der Waals surface area contributed by atoms with Crippen LogP contribution in [0.2, 0.25) is 18.1 Å². The van der Waals surface area contributed by atoms with Crippen LogP contribution in [0.4, 0.5) is 0 Å². The fourth-order valence-electron chi connectivity index (χ4n) is 3.93. The van der Waals surface area contributed by atoms with Crippen molar-refractivity contribution in [3.05, 3.63) is 35.9 Å². The average Bonchev–Trinajstić information content (AvgIpc) is 3.14. The standard InChI is InChI=1S/C21H32O6Si/c1-19(2,3)28(6,7)27-17-15-14(16-18(23-15)26-20(4,5)24-16)25-21(17,22)13-11-9-8-10-12-13/h8-12,14-18,22H,1-7H3/t14-,15-,16+,17-,18+,21?/m0/s1. The van der Waals surface area contributed by atoms with Gasteiger partial charge in [0.25, 0.3) is 0 Å². The van der Waals surface area contributed by atoms with Crippen LogP contribution in [0.1, 0.15) is 40.2 Å². The van der Waals surface area contributed by atoms with Crippen molar-refractivity contribution in [1.29, 1.82) is 0 Å². The first-order valence-corrected chi connectivity index (χ1v) is 12.9. The molecule has 3 fully saturated rings. The zero-order valence-electron chi connectivity index (χ0n) is 17.8. The lowest BCUT2D eigenvalue weighted by Gasteiger charge is -2.42. The summed E-state index contributed by atoms with van der Waals surface area (Å²) in [6, 6.07) is 9.40. The Bertz CT molecular complexity index is 730. The summed E-state index contributed by atoms with van der Waals surface area (Å²) in [4.78, 5) is 0. The number of hydrogen-bond acceptors (Lipinski definition) is 6. The Balaban J connectivity index is 1.70. The molecule has 7 heteroatoms. The minimum absolute atomic E-state index is 0.0217. The lowest BCUT2D eigenvalue weighted by atomic mass is 9.98. The molecule has 0 bridgehead atoms. The molecule has 3 saturated heterocycles. The summed E-state index contributed by atoms with van der Waals surface area (Å²) in [5.74, 6) is -2.35. The number of rotatable bonds is 3. The second-order valence-electron chi connectivity index (χ2n) is 10.0. The van der Waals surface area contributed by atoms with Crippen molar-refractivity contribution in [2.75, 3.05) is 0 Å². The maximum atomic E-state index is 11.7. The Kier molecular flexibility index (Phi) is 4.64. The molecular weight excluding hydrogens is 376 g/mol. The number of benzene rings is 1. The molecular formula is C21H32O6Si. The monoisotopic (exact) mass is 408 g/mol. The highest BCUT2D eigenvalue weighted by Crippen LogP contribution is 2.52. The molecule has 1 aromatic carbocycles. The number of aliphatic hydroxyl groups is 1. The van der Waals surface area contributed by atoms with E-state index < -0.39 is 50.6 Å². The maximum absolute atomic E-state index is 11.7. The van der Waals surface area contributed by atoms with E-state index >= 15 is 0 Å². The van der Waals surface area contributed by atoms with Gasteiger partial charge in [0.05, 0.1) is 0 Å². The predicted molar refractivity (Wildman–Crippen MR) is 106 cm³/mol. The predicted octanol–water partition coefficient (Wildman–Crippen LogP) is 3.50. The Morgan fingerprint density at radius 3 is 2.21 bits per heavy atom. The lowest BCUT2D eigenvalue weighted by Crippen LogP contribution is -2.53. The van der Waals surface area contributed by atoms with E-state index in [9.17, 15) is 5.11 Å². The van der Waals surface area contributed by atoms with E-state index in [4.69, 9.17) is 23.4 Å². The van der Waals surface area contributed by atoms with Gasteiger partial charge in [-0.2, -0.15) is 0 Å². The summed E-state index contributed by atoms with van der Waals surface area (Å²) in [7, 11) is -2.22. The first-order valence-electron chi connectivity index (χ1n) is 9.99. The highest BCUT2D eigenvalue weighted by molar-refractivity contribution is 6.74. The quantitative estimate of drug-likeness (QED) is 0.772. The zero-order valence-corrected chi connectivity index (χ0v) is 18.8. The number of hydrogen-bond donors (Lipinski definition) is 1. The van der Waals surface area contributed by atoms with Crippen molar-refractivity contribution in [2.45, 2.75) is 95.0 Å². The minimum Gasteiger partial charge on any atom is -0.405 e. The van der Waals surface area contributed by atoms with Crippen molar-refractivity contribution >= 4 is 8.32 Å². The zero-order chi connectivity index (χ0) is 20.5. The third kappa shape index (κ3) is 3.17. The van der Waals surface area contributed by atoms with Gasteiger partial charge in [-0.25, -0.2) is 0 Å². The van der Waals surface area contributed by atoms with Crippen LogP contribution in [0.3, 0.4) is 0 Å². The van der Waals surface area contributed by atoms with Gasteiger partial charge < -0.3 is 28.5 Å². The van der Waals surface area contributed by atoms with Crippen LogP contribution < -0.4 is 0 Å². The highest BCUT2D eigenvalue weighted by atomic mass is 28.4. The summed E-state index contributed by atoms with van der Waals surface area (Å²) in [6.07, 6.45) is -2.52. The Morgan fingerprint density at radius 1 is 0.964 bits per heavy atom. The molecule has 28 heavy (non-hydrogen) atoms. The van der Waals surface area contributed by atoms with Gasteiger partial charge in [0, 0.05) is 5.56 Å². The maximum Gasteiger partial charge on any atom is 0.221 e. The molecule has 0 radical (unpaired) electrons. The molecule has 0 saturated carbocycles. The molecule has 3 aliphatic heterocycles. The Hall–Kier alpha value is -0.803. The second-order valence-corrected chi connectivity index (χ2v) is 14.8. The molecule has 0 aliphatic carbocycles. The number of ether oxygens (including phenoxy) is 4. The molecule has 1 unspecified atom stereocenters. The first-order chi connectivity index (χ1) is 12.8. The van der Waals surface area contributed by atoms with E-state index in [2.05, 4.69) is 33.9 Å². The normalized spacial score (nSPS) is 39.8. The van der Waals surface area contributed by atoms with E-state index in [-0.39, 0.29) is 5.04 Å². The lowest BCUT2D eigenvalue weighted by molar-refractivity contribution is -0.251. The van der Waals surface area contributed by atoms with Crippen molar-refractivity contribution < 1.29 is 28.5 Å². The molecule has 3 heterocycles. The summed E-state index contributed by atoms with van der Waals surface area (Å²) in [5, 5.41) is 11.7. The second kappa shape index (κ2) is 6.35. The topological polar surface area (TPSA) is 66.4 Å². The third-order valence-corrected chi connectivity index (χ3v) is 10.9. The summed E-state index contributed by atoms with van der Waals surface area (Å²) in [6.45, 7) is 14.6. The Morgan fingerprint density at radius 2 is 1.61 bits per heavy atom. The largest absolute Gasteiger partial charge is 0.405 e. The van der Waals surface area contributed by atoms with Crippen molar-refractivity contribution in [3.63, 3.8) is 0 Å². The molecule has 3 aliphatic rings. The molecule has 0 amide bonds. The molecule has 6 nitrogen and oxygen atoms in total. The van der Waals surface area contributed by atoms with Crippen LogP contribution in [0.5, 0.6) is 0 Å². The summed E-state index contributed by atoms with van der Waals surface area (Å²) < 4.78 is 31.1. The first kappa shape index (κ1) is 20.5. The van der Waals surface area contributed by atoms with Gasteiger partial charge in [-0.3, -0.25) is 0 Å². The van der Waals surface area contributed by atoms with Crippen LogP contribution in [0.25, 0.3) is 0 Å². The molecule has 156 valence electrons. The van der Waals surface area contributed by atoms with Gasteiger partial charge in [-0.15, -0.1) is 0 Å². The van der Waals surface area contributed by atoms with Gasteiger partial charge >= 0.3 is 0 Å². The van der Waals surface area contributed by atoms with Crippen LogP contribution >= 0.6 is 0 Å². The fraction of sp³-hybridized carbons (Fsp3) is 0.714. The minimum atomic E-state index is -2.22. The smallest absolute Gasteiger partial charge is 0.221 e. The summed E-state index contributed by atoms with van der Waals surface area (Å²) in [5.41, 5.74) is 0.659. The highest BCUT2D eigenvalue weighted by Gasteiger charge is 2.68. The van der Waals surface area contributed by atoms with E-state index in [0.29, 0.717) is 5.56 Å². The SMILES string of the molecule is CC1(C)O[C@H]2O[C@H]3[C@H](OC(O)(c4ccccc4)[C@H]3O[Si](C)(C)C(C)(C)C)[C@H]2O1. The molecule has 0 spiro atoms. The van der Waals surface area contributed by atoms with Crippen molar-refractivity contribution in [2.24, 2.45) is 0 Å². The van der Waals surface area contributed by atoms with E-state index in [1.807, 2.05) is 44.2 Å². The van der Waals surface area contributed by atoms with Gasteiger partial charge in [-0.05, 0) is 32.0 Å².